The van der Waals surface area contributed by atoms with Crippen molar-refractivity contribution in [2.45, 2.75) is 26.7 Å². The van der Waals surface area contributed by atoms with E-state index in [1.54, 1.807) is 0 Å². The van der Waals surface area contributed by atoms with Gasteiger partial charge in [0.25, 0.3) is 0 Å². The number of likely N-dealkylation sites (tertiary alicyclic amines) is 1. The van der Waals surface area contributed by atoms with Gasteiger partial charge in [0.15, 0.2) is 0 Å². The Morgan fingerprint density at radius 3 is 2.62 bits per heavy atom. The van der Waals surface area contributed by atoms with Crippen molar-refractivity contribution in [3.05, 3.63) is 29.3 Å². The molecule has 132 valence electrons. The fraction of sp³-hybridized carbons (Fsp3) is 0.556. The van der Waals surface area contributed by atoms with Crippen LogP contribution in [-0.4, -0.2) is 49.5 Å². The number of nitrogens with zero attached hydrogens (tertiary/aromatic N) is 1. The lowest BCUT2D eigenvalue weighted by atomic mass is 9.96. The van der Waals surface area contributed by atoms with Gasteiger partial charge in [-0.15, -0.1) is 0 Å². The lowest BCUT2D eigenvalue weighted by Gasteiger charge is -2.29. The summed E-state index contributed by atoms with van der Waals surface area (Å²) in [4.78, 5) is 25.1. The molecule has 0 spiro atoms. The summed E-state index contributed by atoms with van der Waals surface area (Å²) in [5.74, 6) is 0.554. The fourth-order valence-corrected chi connectivity index (χ4v) is 2.95. The molecule has 2 rings (SSSR count). The van der Waals surface area contributed by atoms with E-state index in [9.17, 15) is 9.59 Å². The second kappa shape index (κ2) is 8.68. The molecule has 0 unspecified atom stereocenters. The summed E-state index contributed by atoms with van der Waals surface area (Å²) in [6, 6.07) is 6.04. The molecule has 1 aliphatic heterocycles. The van der Waals surface area contributed by atoms with Crippen molar-refractivity contribution in [3.8, 4) is 5.75 Å². The van der Waals surface area contributed by atoms with Crippen LogP contribution in [0.15, 0.2) is 18.2 Å². The summed E-state index contributed by atoms with van der Waals surface area (Å²) in [6.07, 6.45) is 1.47. The van der Waals surface area contributed by atoms with E-state index < -0.39 is 0 Å². The van der Waals surface area contributed by atoms with Crippen molar-refractivity contribution in [2.75, 3.05) is 32.8 Å². The number of hydrogen-bond acceptors (Lipinski definition) is 4. The number of primary amides is 1. The van der Waals surface area contributed by atoms with E-state index in [1.165, 1.54) is 5.56 Å². The Labute approximate surface area is 143 Å². The average Bonchev–Trinajstić information content (AvgIpc) is 2.53. The summed E-state index contributed by atoms with van der Waals surface area (Å²) in [5, 5.41) is 2.87. The van der Waals surface area contributed by atoms with Crippen LogP contribution in [0.5, 0.6) is 5.75 Å². The van der Waals surface area contributed by atoms with Gasteiger partial charge in [-0.05, 0) is 51.4 Å². The molecule has 1 aromatic carbocycles. The third kappa shape index (κ3) is 5.53. The van der Waals surface area contributed by atoms with E-state index in [4.69, 9.17) is 10.5 Å². The summed E-state index contributed by atoms with van der Waals surface area (Å²) in [5.41, 5.74) is 7.61. The van der Waals surface area contributed by atoms with Crippen molar-refractivity contribution < 1.29 is 14.3 Å². The maximum absolute atomic E-state index is 11.9. The first-order valence-corrected chi connectivity index (χ1v) is 8.44. The first-order valence-electron chi connectivity index (χ1n) is 8.44. The Morgan fingerprint density at radius 1 is 1.29 bits per heavy atom. The Balaban J connectivity index is 1.62. The number of ether oxygens (including phenoxy) is 1. The maximum atomic E-state index is 11.9. The highest BCUT2D eigenvalue weighted by molar-refractivity contribution is 5.78. The van der Waals surface area contributed by atoms with Crippen LogP contribution in [0.1, 0.15) is 24.0 Å². The summed E-state index contributed by atoms with van der Waals surface area (Å²) >= 11 is 0. The molecule has 2 amide bonds. The van der Waals surface area contributed by atoms with Gasteiger partial charge in [-0.3, -0.25) is 14.5 Å². The van der Waals surface area contributed by atoms with Crippen molar-refractivity contribution >= 4 is 11.8 Å². The van der Waals surface area contributed by atoms with Crippen LogP contribution >= 0.6 is 0 Å². The van der Waals surface area contributed by atoms with E-state index in [1.807, 2.05) is 26.0 Å². The SMILES string of the molecule is Cc1ccc(OCCNC(=O)CN2CCC(C(N)=O)CC2)c(C)c1. The Hall–Kier alpha value is -2.08. The number of benzene rings is 1. The highest BCUT2D eigenvalue weighted by Crippen LogP contribution is 2.18. The van der Waals surface area contributed by atoms with Crippen molar-refractivity contribution in [1.29, 1.82) is 0 Å². The van der Waals surface area contributed by atoms with Gasteiger partial charge in [0.05, 0.1) is 13.1 Å². The second-order valence-electron chi connectivity index (χ2n) is 6.42. The molecule has 1 heterocycles. The van der Waals surface area contributed by atoms with E-state index >= 15 is 0 Å². The molecule has 1 fully saturated rings. The fourth-order valence-electron chi connectivity index (χ4n) is 2.95. The lowest BCUT2D eigenvalue weighted by molar-refractivity contribution is -0.124. The van der Waals surface area contributed by atoms with Crippen LogP contribution in [0.2, 0.25) is 0 Å². The minimum Gasteiger partial charge on any atom is -0.491 e. The van der Waals surface area contributed by atoms with Gasteiger partial charge in [0, 0.05) is 5.92 Å². The highest BCUT2D eigenvalue weighted by Gasteiger charge is 2.23. The van der Waals surface area contributed by atoms with Gasteiger partial charge in [-0.1, -0.05) is 17.7 Å². The van der Waals surface area contributed by atoms with E-state index in [0.717, 1.165) is 37.2 Å². The van der Waals surface area contributed by atoms with E-state index in [-0.39, 0.29) is 17.7 Å². The van der Waals surface area contributed by atoms with Crippen LogP contribution in [0.4, 0.5) is 0 Å². The van der Waals surface area contributed by atoms with Crippen molar-refractivity contribution in [2.24, 2.45) is 11.7 Å². The average molecular weight is 333 g/mol. The van der Waals surface area contributed by atoms with Gasteiger partial charge in [-0.2, -0.15) is 0 Å². The molecule has 1 saturated heterocycles. The maximum Gasteiger partial charge on any atom is 0.234 e. The zero-order valence-electron chi connectivity index (χ0n) is 14.5. The van der Waals surface area contributed by atoms with Crippen LogP contribution < -0.4 is 15.8 Å². The second-order valence-corrected chi connectivity index (χ2v) is 6.42. The topological polar surface area (TPSA) is 84.7 Å². The lowest BCUT2D eigenvalue weighted by Crippen LogP contribution is -2.44. The molecule has 0 radical (unpaired) electrons. The molecule has 0 aliphatic carbocycles. The van der Waals surface area contributed by atoms with Gasteiger partial charge in [-0.25, -0.2) is 0 Å². The van der Waals surface area contributed by atoms with Crippen LogP contribution in [0.25, 0.3) is 0 Å². The van der Waals surface area contributed by atoms with Gasteiger partial charge >= 0.3 is 0 Å². The normalized spacial score (nSPS) is 15.9. The quantitative estimate of drug-likeness (QED) is 0.729. The number of hydrogen-bond donors (Lipinski definition) is 2. The number of aryl methyl sites for hydroxylation is 2. The minimum absolute atomic E-state index is 0.0169. The van der Waals surface area contributed by atoms with Crippen LogP contribution in [-0.2, 0) is 9.59 Å². The molecule has 1 aliphatic rings. The summed E-state index contributed by atoms with van der Waals surface area (Å²) in [7, 11) is 0. The number of nitrogens with one attached hydrogen (secondary N) is 1. The molecule has 6 nitrogen and oxygen atoms in total. The molecular weight excluding hydrogens is 306 g/mol. The van der Waals surface area contributed by atoms with E-state index in [0.29, 0.717) is 19.7 Å². The van der Waals surface area contributed by atoms with Crippen molar-refractivity contribution in [3.63, 3.8) is 0 Å². The number of nitrogens with two attached hydrogens (primary N) is 1. The van der Waals surface area contributed by atoms with Crippen molar-refractivity contribution in [1.82, 2.24) is 10.2 Å². The number of carbonyl (C=O) groups excluding carboxylic acids is 2. The molecule has 1 aromatic rings. The van der Waals surface area contributed by atoms with Crippen LogP contribution in [0, 0.1) is 19.8 Å². The third-order valence-corrected chi connectivity index (χ3v) is 4.37. The standard InChI is InChI=1S/C18H27N3O3/c1-13-3-4-16(14(2)11-13)24-10-7-20-17(22)12-21-8-5-15(6-9-21)18(19)23/h3-4,11,15H,5-10,12H2,1-2H3,(H2,19,23)(H,20,22). The van der Waals surface area contributed by atoms with Gasteiger partial charge < -0.3 is 15.8 Å². The number of carbonyl (C=O) groups is 2. The monoisotopic (exact) mass is 333 g/mol. The zero-order chi connectivity index (χ0) is 17.5. The third-order valence-electron chi connectivity index (χ3n) is 4.37. The van der Waals surface area contributed by atoms with E-state index in [2.05, 4.69) is 16.3 Å². The van der Waals surface area contributed by atoms with Crippen LogP contribution in [0.3, 0.4) is 0 Å². The molecule has 0 atom stereocenters. The number of amides is 2. The number of piperidine rings is 1. The van der Waals surface area contributed by atoms with Gasteiger partial charge in [0.2, 0.25) is 11.8 Å². The first kappa shape index (κ1) is 18.3. The molecular formula is C18H27N3O3. The predicted molar refractivity (Wildman–Crippen MR) is 92.8 cm³/mol. The largest absolute Gasteiger partial charge is 0.491 e. The minimum atomic E-state index is -0.234. The highest BCUT2D eigenvalue weighted by atomic mass is 16.5. The molecule has 3 N–H and O–H groups in total. The number of rotatable bonds is 7. The zero-order valence-corrected chi connectivity index (χ0v) is 14.5. The Morgan fingerprint density at radius 2 is 2.00 bits per heavy atom. The Kier molecular flexibility index (Phi) is 6.61. The molecule has 0 saturated carbocycles. The summed E-state index contributed by atoms with van der Waals surface area (Å²) < 4.78 is 5.69. The molecule has 24 heavy (non-hydrogen) atoms. The predicted octanol–water partition coefficient (Wildman–Crippen LogP) is 0.996. The van der Waals surface area contributed by atoms with Gasteiger partial charge in [0.1, 0.15) is 12.4 Å². The first-order chi connectivity index (χ1) is 11.5. The smallest absolute Gasteiger partial charge is 0.234 e. The Bertz CT molecular complexity index is 581. The molecule has 0 bridgehead atoms. The molecule has 6 heteroatoms. The molecule has 0 aromatic heterocycles. The summed E-state index contributed by atoms with van der Waals surface area (Å²) in [6.45, 7) is 6.80.